The van der Waals surface area contributed by atoms with Crippen molar-refractivity contribution < 1.29 is 23.8 Å². The molecule has 3 rings (SSSR count). The van der Waals surface area contributed by atoms with Crippen LogP contribution in [0.4, 0.5) is 4.39 Å². The number of thiophene rings is 1. The second kappa shape index (κ2) is 10.5. The van der Waals surface area contributed by atoms with Gasteiger partial charge in [0.25, 0.3) is 5.91 Å². The highest BCUT2D eigenvalue weighted by Gasteiger charge is 2.37. The average Bonchev–Trinajstić information content (AvgIpc) is 3.26. The molecule has 1 amide bonds. The Hall–Kier alpha value is -2.22. The van der Waals surface area contributed by atoms with Crippen molar-refractivity contribution in [2.24, 2.45) is 5.92 Å². The predicted octanol–water partition coefficient (Wildman–Crippen LogP) is 3.95. The first-order chi connectivity index (χ1) is 14.1. The molecular weight excluding hydrogens is 393 g/mol. The average molecular weight is 420 g/mol. The minimum Gasteiger partial charge on any atom is -0.459 e. The van der Waals surface area contributed by atoms with Crippen LogP contribution in [0.25, 0.3) is 0 Å². The normalized spacial score (nSPS) is 21.3. The Balaban J connectivity index is 1.78. The van der Waals surface area contributed by atoms with Crippen molar-refractivity contribution >= 4 is 17.2 Å². The molecule has 1 aliphatic rings. The van der Waals surface area contributed by atoms with Crippen LogP contribution >= 0.6 is 11.3 Å². The van der Waals surface area contributed by atoms with Crippen LogP contribution in [0, 0.1) is 11.7 Å². The van der Waals surface area contributed by atoms with Gasteiger partial charge < -0.3 is 19.9 Å². The summed E-state index contributed by atoms with van der Waals surface area (Å²) in [6.07, 6.45) is 2.65. The summed E-state index contributed by atoms with van der Waals surface area (Å²) in [5.74, 6) is -0.456. The molecular formula is C22H26FNO4S. The van der Waals surface area contributed by atoms with Crippen LogP contribution in [0.15, 0.2) is 52.9 Å². The van der Waals surface area contributed by atoms with E-state index in [4.69, 9.17) is 9.47 Å². The van der Waals surface area contributed by atoms with Crippen molar-refractivity contribution in [2.75, 3.05) is 13.2 Å². The third-order valence-corrected chi connectivity index (χ3v) is 5.63. The molecule has 156 valence electrons. The Morgan fingerprint density at radius 2 is 2.10 bits per heavy atom. The highest BCUT2D eigenvalue weighted by atomic mass is 32.1. The fraction of sp³-hybridized carbons (Fsp3) is 0.409. The molecule has 0 saturated heterocycles. The lowest BCUT2D eigenvalue weighted by Gasteiger charge is -2.36. The van der Waals surface area contributed by atoms with E-state index in [9.17, 15) is 14.3 Å². The Morgan fingerprint density at radius 1 is 1.31 bits per heavy atom. The third kappa shape index (κ3) is 5.65. The second-order valence-electron chi connectivity index (χ2n) is 6.89. The molecule has 0 bridgehead atoms. The molecule has 0 spiro atoms. The zero-order valence-corrected chi connectivity index (χ0v) is 17.2. The van der Waals surface area contributed by atoms with Gasteiger partial charge in [-0.2, -0.15) is 11.3 Å². The number of hydrogen-bond acceptors (Lipinski definition) is 5. The first-order valence-corrected chi connectivity index (χ1v) is 10.7. The number of aliphatic hydroxyl groups is 1. The molecule has 7 heteroatoms. The molecule has 1 aromatic carbocycles. The number of rotatable bonds is 9. The first-order valence-electron chi connectivity index (χ1n) is 9.78. The lowest BCUT2D eigenvalue weighted by molar-refractivity contribution is -0.166. The lowest BCUT2D eigenvalue weighted by Crippen LogP contribution is -2.38. The van der Waals surface area contributed by atoms with E-state index in [0.29, 0.717) is 13.0 Å². The van der Waals surface area contributed by atoms with Gasteiger partial charge in [0.2, 0.25) is 6.29 Å². The van der Waals surface area contributed by atoms with E-state index in [1.165, 1.54) is 12.1 Å². The smallest absolute Gasteiger partial charge is 0.286 e. The van der Waals surface area contributed by atoms with Crippen LogP contribution in [0.1, 0.15) is 36.8 Å². The van der Waals surface area contributed by atoms with Gasteiger partial charge in [-0.25, -0.2) is 4.39 Å². The van der Waals surface area contributed by atoms with Crippen molar-refractivity contribution in [1.82, 2.24) is 5.32 Å². The van der Waals surface area contributed by atoms with Crippen molar-refractivity contribution in [3.63, 3.8) is 0 Å². The Kier molecular flexibility index (Phi) is 7.80. The van der Waals surface area contributed by atoms with Gasteiger partial charge in [-0.1, -0.05) is 12.1 Å². The molecule has 29 heavy (non-hydrogen) atoms. The van der Waals surface area contributed by atoms with E-state index in [1.807, 2.05) is 24.4 Å². The van der Waals surface area contributed by atoms with Crippen LogP contribution in [0.3, 0.4) is 0 Å². The molecule has 0 aliphatic carbocycles. The number of halogens is 1. The molecule has 1 aromatic heterocycles. The molecule has 0 fully saturated rings. The number of aliphatic hydroxyl groups excluding tert-OH is 1. The van der Waals surface area contributed by atoms with Crippen LogP contribution in [-0.4, -0.2) is 30.5 Å². The maximum atomic E-state index is 13.0. The number of amides is 1. The number of allylic oxidation sites excluding steroid dienone is 1. The monoisotopic (exact) mass is 419 g/mol. The summed E-state index contributed by atoms with van der Waals surface area (Å²) in [6.45, 7) is 2.72. The fourth-order valence-electron chi connectivity index (χ4n) is 3.48. The summed E-state index contributed by atoms with van der Waals surface area (Å²) in [5, 5.41) is 16.2. The summed E-state index contributed by atoms with van der Waals surface area (Å²) in [7, 11) is 0. The largest absolute Gasteiger partial charge is 0.459 e. The quantitative estimate of drug-likeness (QED) is 0.646. The van der Waals surface area contributed by atoms with Gasteiger partial charge in [0, 0.05) is 31.6 Å². The van der Waals surface area contributed by atoms with E-state index in [0.717, 1.165) is 17.5 Å². The molecule has 2 aromatic rings. The second-order valence-corrected chi connectivity index (χ2v) is 7.67. The van der Waals surface area contributed by atoms with Gasteiger partial charge in [-0.05, 0) is 65.9 Å². The molecule has 5 nitrogen and oxygen atoms in total. The zero-order chi connectivity index (χ0) is 20.6. The van der Waals surface area contributed by atoms with Gasteiger partial charge in [0.15, 0.2) is 5.76 Å². The first kappa shape index (κ1) is 21.5. The van der Waals surface area contributed by atoms with Crippen molar-refractivity contribution in [3.8, 4) is 0 Å². The zero-order valence-electron chi connectivity index (χ0n) is 16.3. The maximum Gasteiger partial charge on any atom is 0.286 e. The summed E-state index contributed by atoms with van der Waals surface area (Å²) in [6, 6.07) is 8.03. The van der Waals surface area contributed by atoms with Crippen molar-refractivity contribution in [1.29, 1.82) is 0 Å². The summed E-state index contributed by atoms with van der Waals surface area (Å²) in [5.41, 5.74) is 1.91. The highest BCUT2D eigenvalue weighted by Crippen LogP contribution is 2.40. The number of benzene rings is 1. The van der Waals surface area contributed by atoms with Gasteiger partial charge in [-0.15, -0.1) is 0 Å². The van der Waals surface area contributed by atoms with Crippen LogP contribution in [0.2, 0.25) is 0 Å². The summed E-state index contributed by atoms with van der Waals surface area (Å²) >= 11 is 1.60. The number of ether oxygens (including phenoxy) is 2. The molecule has 2 N–H and O–H groups in total. The molecule has 1 unspecified atom stereocenters. The summed E-state index contributed by atoms with van der Waals surface area (Å²) in [4.78, 5) is 12.8. The SMILES string of the molecule is CCO[C@@H]1OC(C(=O)NCc2ccc(F)cc2)=C[C@H](c2ccsc2)C1CCCO. The van der Waals surface area contributed by atoms with Gasteiger partial charge in [0.05, 0.1) is 0 Å². The Morgan fingerprint density at radius 3 is 2.76 bits per heavy atom. The summed E-state index contributed by atoms with van der Waals surface area (Å²) < 4.78 is 24.8. The number of nitrogens with one attached hydrogen (secondary N) is 1. The van der Waals surface area contributed by atoms with Gasteiger partial charge >= 0.3 is 0 Å². The Labute approximate surface area is 174 Å². The van der Waals surface area contributed by atoms with Gasteiger partial charge in [-0.3, -0.25) is 4.79 Å². The van der Waals surface area contributed by atoms with Gasteiger partial charge in [0.1, 0.15) is 5.82 Å². The van der Waals surface area contributed by atoms with Crippen molar-refractivity contribution in [2.45, 2.75) is 38.5 Å². The van der Waals surface area contributed by atoms with E-state index in [2.05, 4.69) is 10.7 Å². The van der Waals surface area contributed by atoms with Crippen LogP contribution in [-0.2, 0) is 20.8 Å². The van der Waals surface area contributed by atoms with E-state index >= 15 is 0 Å². The lowest BCUT2D eigenvalue weighted by atomic mass is 9.81. The Bertz CT molecular complexity index is 807. The predicted molar refractivity (Wildman–Crippen MR) is 110 cm³/mol. The maximum absolute atomic E-state index is 13.0. The number of carbonyl (C=O) groups is 1. The van der Waals surface area contributed by atoms with E-state index in [-0.39, 0.29) is 42.5 Å². The molecule has 1 aliphatic heterocycles. The number of carbonyl (C=O) groups excluding carboxylic acids is 1. The molecule has 2 heterocycles. The molecule has 3 atom stereocenters. The number of hydrogen-bond donors (Lipinski definition) is 2. The van der Waals surface area contributed by atoms with Crippen LogP contribution in [0.5, 0.6) is 0 Å². The minimum atomic E-state index is -0.562. The topological polar surface area (TPSA) is 67.8 Å². The minimum absolute atomic E-state index is 0.00495. The third-order valence-electron chi connectivity index (χ3n) is 4.93. The highest BCUT2D eigenvalue weighted by molar-refractivity contribution is 7.08. The van der Waals surface area contributed by atoms with Crippen LogP contribution < -0.4 is 5.32 Å². The van der Waals surface area contributed by atoms with Crippen molar-refractivity contribution in [3.05, 3.63) is 69.9 Å². The van der Waals surface area contributed by atoms with E-state index in [1.54, 1.807) is 23.5 Å². The standard InChI is InChI=1S/C22H26FNO4S/c1-2-27-22-18(4-3-10-25)19(16-9-11-29-14-16)12-20(28-22)21(26)24-13-15-5-7-17(23)8-6-15/h5-9,11-12,14,18-19,22,25H,2-4,10,13H2,1H3,(H,24,26)/t18?,19-,22-/m1/s1. The fourth-order valence-corrected chi connectivity index (χ4v) is 4.19. The molecule has 0 radical (unpaired) electrons. The molecule has 0 saturated carbocycles. The van der Waals surface area contributed by atoms with E-state index < -0.39 is 6.29 Å².